The Bertz CT molecular complexity index is 1200. The van der Waals surface area contributed by atoms with E-state index in [4.69, 9.17) is 9.40 Å². The number of ketones is 1. The van der Waals surface area contributed by atoms with Crippen LogP contribution in [-0.2, 0) is 6.42 Å². The van der Waals surface area contributed by atoms with Gasteiger partial charge in [-0.15, -0.1) is 0 Å². The number of aromatic nitrogens is 3. The molecule has 136 valence electrons. The smallest absolute Gasteiger partial charge is 0.229 e. The largest absolute Gasteiger partial charge is 0.445 e. The van der Waals surface area contributed by atoms with Crippen molar-refractivity contribution < 1.29 is 9.21 Å². The molecule has 3 aromatic heterocycles. The second-order valence-corrected chi connectivity index (χ2v) is 6.74. The Labute approximate surface area is 161 Å². The first-order valence-corrected chi connectivity index (χ1v) is 9.09. The fourth-order valence-corrected chi connectivity index (χ4v) is 3.50. The van der Waals surface area contributed by atoms with Crippen molar-refractivity contribution in [1.82, 2.24) is 15.0 Å². The molecule has 6 nitrogen and oxygen atoms in total. The van der Waals surface area contributed by atoms with Crippen molar-refractivity contribution in [2.24, 2.45) is 10.9 Å². The second-order valence-electron chi connectivity index (χ2n) is 6.74. The van der Waals surface area contributed by atoms with E-state index in [1.54, 1.807) is 24.9 Å². The van der Waals surface area contributed by atoms with Crippen LogP contribution in [0.15, 0.2) is 70.8 Å². The number of hydrogen-bond donors (Lipinski definition) is 0. The summed E-state index contributed by atoms with van der Waals surface area (Å²) in [7, 11) is 0. The molecule has 0 amide bonds. The van der Waals surface area contributed by atoms with Crippen molar-refractivity contribution >= 4 is 28.8 Å². The van der Waals surface area contributed by atoms with Crippen LogP contribution < -0.4 is 0 Å². The van der Waals surface area contributed by atoms with Crippen molar-refractivity contribution in [3.63, 3.8) is 0 Å². The summed E-state index contributed by atoms with van der Waals surface area (Å²) in [5.41, 5.74) is 3.87. The number of benzene rings is 1. The van der Waals surface area contributed by atoms with Gasteiger partial charge in [-0.3, -0.25) is 9.78 Å². The van der Waals surface area contributed by atoms with E-state index in [2.05, 4.69) is 21.0 Å². The zero-order chi connectivity index (χ0) is 18.9. The zero-order valence-corrected chi connectivity index (χ0v) is 14.9. The number of hydrogen-bond acceptors (Lipinski definition) is 6. The first kappa shape index (κ1) is 16.5. The number of pyridine rings is 1. The summed E-state index contributed by atoms with van der Waals surface area (Å²) in [5, 5.41) is 1.11. The lowest BCUT2D eigenvalue weighted by Gasteiger charge is -2.15. The summed E-state index contributed by atoms with van der Waals surface area (Å²) in [5.74, 6) is 0.0593. The highest BCUT2D eigenvalue weighted by atomic mass is 16.3. The Kier molecular flexibility index (Phi) is 4.01. The molecular formula is C22H16N4O2. The highest BCUT2D eigenvalue weighted by Gasteiger charge is 2.30. The average Bonchev–Trinajstić information content (AvgIpc) is 3.19. The third kappa shape index (κ3) is 2.89. The third-order valence-electron chi connectivity index (χ3n) is 4.97. The fraction of sp³-hybridized carbons (Fsp3) is 0.136. The van der Waals surface area contributed by atoms with Crippen molar-refractivity contribution in [1.29, 1.82) is 0 Å². The summed E-state index contributed by atoms with van der Waals surface area (Å²) in [4.78, 5) is 30.2. The van der Waals surface area contributed by atoms with Gasteiger partial charge >= 0.3 is 0 Å². The van der Waals surface area contributed by atoms with Gasteiger partial charge in [-0.25, -0.2) is 15.0 Å². The monoisotopic (exact) mass is 368 g/mol. The van der Waals surface area contributed by atoms with Crippen molar-refractivity contribution in [2.75, 3.05) is 0 Å². The normalized spacial score (nSPS) is 15.7. The summed E-state index contributed by atoms with van der Waals surface area (Å²) in [6.45, 7) is 0. The summed E-state index contributed by atoms with van der Waals surface area (Å²) >= 11 is 0. The summed E-state index contributed by atoms with van der Waals surface area (Å²) in [6, 6.07) is 12.1. The van der Waals surface area contributed by atoms with E-state index in [1.807, 2.05) is 30.3 Å². The van der Waals surface area contributed by atoms with E-state index in [0.29, 0.717) is 29.9 Å². The number of para-hydroxylation sites is 1. The van der Waals surface area contributed by atoms with Crippen LogP contribution in [0.2, 0.25) is 0 Å². The quantitative estimate of drug-likeness (QED) is 0.532. The van der Waals surface area contributed by atoms with E-state index in [0.717, 1.165) is 22.2 Å². The molecule has 1 atom stereocenters. The van der Waals surface area contributed by atoms with Gasteiger partial charge in [0.2, 0.25) is 5.88 Å². The van der Waals surface area contributed by atoms with Crippen LogP contribution in [0.25, 0.3) is 22.0 Å². The van der Waals surface area contributed by atoms with Gasteiger partial charge < -0.3 is 4.42 Å². The number of nitrogens with zero attached hydrogens (tertiary/aromatic N) is 4. The summed E-state index contributed by atoms with van der Waals surface area (Å²) < 4.78 is 5.48. The van der Waals surface area contributed by atoms with Crippen molar-refractivity contribution in [2.45, 2.75) is 12.8 Å². The molecule has 0 bridgehead atoms. The molecule has 1 aliphatic rings. The predicted octanol–water partition coefficient (Wildman–Crippen LogP) is 4.43. The van der Waals surface area contributed by atoms with Gasteiger partial charge in [0.15, 0.2) is 5.78 Å². The Hall–Kier alpha value is -3.67. The number of Topliss-reactive ketones (excluding diaryl/α,β-unsaturated/α-hetero) is 1. The van der Waals surface area contributed by atoms with Crippen LogP contribution in [0.5, 0.6) is 0 Å². The van der Waals surface area contributed by atoms with Crippen molar-refractivity contribution in [3.8, 4) is 11.1 Å². The maximum atomic E-state index is 13.1. The lowest BCUT2D eigenvalue weighted by Crippen LogP contribution is -2.20. The first-order chi connectivity index (χ1) is 13.8. The van der Waals surface area contributed by atoms with Crippen LogP contribution in [0.1, 0.15) is 22.5 Å². The lowest BCUT2D eigenvalue weighted by atomic mass is 9.89. The molecule has 0 saturated carbocycles. The van der Waals surface area contributed by atoms with Crippen LogP contribution >= 0.6 is 0 Å². The minimum atomic E-state index is -0.304. The van der Waals surface area contributed by atoms with Crippen LogP contribution in [0.4, 0.5) is 5.88 Å². The highest BCUT2D eigenvalue weighted by Crippen LogP contribution is 2.37. The molecule has 0 radical (unpaired) electrons. The highest BCUT2D eigenvalue weighted by molar-refractivity contribution is 6.15. The Morgan fingerprint density at radius 1 is 1.04 bits per heavy atom. The number of carbonyl (C=O) groups excluding carboxylic acids is 1. The maximum Gasteiger partial charge on any atom is 0.229 e. The number of aliphatic imine (C=N–C) groups is 1. The Balaban J connectivity index is 1.38. The second kappa shape index (κ2) is 6.81. The average molecular weight is 368 g/mol. The lowest BCUT2D eigenvalue weighted by molar-refractivity contribution is 0.0950. The third-order valence-corrected chi connectivity index (χ3v) is 4.97. The molecule has 0 spiro atoms. The van der Waals surface area contributed by atoms with Gasteiger partial charge in [0.1, 0.15) is 12.6 Å². The first-order valence-electron chi connectivity index (χ1n) is 9.09. The zero-order valence-electron chi connectivity index (χ0n) is 14.9. The molecule has 0 saturated heterocycles. The van der Waals surface area contributed by atoms with Crippen LogP contribution in [0, 0.1) is 5.92 Å². The standard InChI is InChI=1S/C22H16N4O2/c27-21-15(6-8-17-7-5-14-3-1-2-4-19(14)26-17)11-25-22-20(21)18(12-28-22)16-9-23-13-24-10-16/h1-5,7,9-13,15H,6,8H2. The Morgan fingerprint density at radius 3 is 2.79 bits per heavy atom. The minimum Gasteiger partial charge on any atom is -0.445 e. The van der Waals surface area contributed by atoms with Gasteiger partial charge in [0, 0.05) is 40.8 Å². The van der Waals surface area contributed by atoms with Crippen LogP contribution in [0.3, 0.4) is 0 Å². The molecule has 1 aliphatic heterocycles. The molecule has 1 unspecified atom stereocenters. The molecule has 0 N–H and O–H groups in total. The molecule has 6 heteroatoms. The van der Waals surface area contributed by atoms with Gasteiger partial charge in [-0.05, 0) is 25.0 Å². The number of fused-ring (bicyclic) bond motifs is 2. The molecular weight excluding hydrogens is 352 g/mol. The molecule has 5 rings (SSSR count). The number of carbonyl (C=O) groups is 1. The van der Waals surface area contributed by atoms with E-state index < -0.39 is 0 Å². The Morgan fingerprint density at radius 2 is 1.89 bits per heavy atom. The molecule has 1 aromatic carbocycles. The van der Waals surface area contributed by atoms with Gasteiger partial charge in [-0.1, -0.05) is 24.3 Å². The summed E-state index contributed by atoms with van der Waals surface area (Å²) in [6.07, 6.45) is 9.35. The molecule has 0 aliphatic carbocycles. The predicted molar refractivity (Wildman–Crippen MR) is 106 cm³/mol. The van der Waals surface area contributed by atoms with Gasteiger partial charge in [0.05, 0.1) is 17.0 Å². The van der Waals surface area contributed by atoms with E-state index in [9.17, 15) is 4.79 Å². The van der Waals surface area contributed by atoms with Crippen molar-refractivity contribution in [3.05, 3.63) is 72.6 Å². The molecule has 4 aromatic rings. The van der Waals surface area contributed by atoms with Gasteiger partial charge in [0.25, 0.3) is 0 Å². The number of rotatable bonds is 4. The fourth-order valence-electron chi connectivity index (χ4n) is 3.50. The molecule has 4 heterocycles. The molecule has 28 heavy (non-hydrogen) atoms. The topological polar surface area (TPSA) is 81.2 Å². The molecule has 0 fully saturated rings. The van der Waals surface area contributed by atoms with E-state index in [-0.39, 0.29) is 11.7 Å². The van der Waals surface area contributed by atoms with E-state index >= 15 is 0 Å². The maximum absolute atomic E-state index is 13.1. The SMILES string of the molecule is O=C1c2c(-c3cncnc3)coc2N=CC1CCc1ccc2ccccc2n1. The number of aryl methyl sites for hydroxylation is 1. The van der Waals surface area contributed by atoms with Crippen LogP contribution in [-0.4, -0.2) is 26.9 Å². The minimum absolute atomic E-state index is 0.0124. The number of furan rings is 1. The van der Waals surface area contributed by atoms with Gasteiger partial charge in [-0.2, -0.15) is 0 Å². The van der Waals surface area contributed by atoms with E-state index in [1.165, 1.54) is 6.33 Å².